The van der Waals surface area contributed by atoms with E-state index in [-0.39, 0.29) is 0 Å². The van der Waals surface area contributed by atoms with Gasteiger partial charge in [0.1, 0.15) is 0 Å². The number of benzene rings is 1. The van der Waals surface area contributed by atoms with E-state index >= 15 is 0 Å². The number of ether oxygens (including phenoxy) is 1. The summed E-state index contributed by atoms with van der Waals surface area (Å²) in [7, 11) is 1.68. The van der Waals surface area contributed by atoms with Crippen LogP contribution in [-0.2, 0) is 4.74 Å². The summed E-state index contributed by atoms with van der Waals surface area (Å²) in [4.78, 5) is 4.42. The van der Waals surface area contributed by atoms with Crippen LogP contribution in [0.3, 0.4) is 0 Å². The van der Waals surface area contributed by atoms with E-state index in [4.69, 9.17) is 0 Å². The average molecular weight is 229 g/mol. The van der Waals surface area contributed by atoms with E-state index in [9.17, 15) is 0 Å². The number of hydrogen-bond donors (Lipinski definition) is 0. The van der Waals surface area contributed by atoms with Crippen LogP contribution in [0.5, 0.6) is 0 Å². The van der Waals surface area contributed by atoms with Crippen LogP contribution in [0.2, 0.25) is 0 Å². The standard InChI is InChI=1S/C12H11N.C3H8O/c1-3-11-6-5-10-8-9(2)4-7-12(10)13-11;1-3-4-2/h3-8H,1H2,2H3;3H2,1-2H3. The fourth-order valence-corrected chi connectivity index (χ4v) is 1.37. The van der Waals surface area contributed by atoms with Gasteiger partial charge in [-0.25, -0.2) is 4.98 Å². The zero-order valence-electron chi connectivity index (χ0n) is 10.7. The molecule has 0 radical (unpaired) electrons. The minimum atomic E-state index is 0.819. The number of pyridine rings is 1. The molecule has 2 aromatic rings. The molecule has 0 aliphatic rings. The molecule has 0 saturated carbocycles. The van der Waals surface area contributed by atoms with Crippen LogP contribution in [-0.4, -0.2) is 18.7 Å². The van der Waals surface area contributed by atoms with Crippen LogP contribution in [0.15, 0.2) is 36.9 Å². The Morgan fingerprint density at radius 1 is 1.29 bits per heavy atom. The first-order valence-electron chi connectivity index (χ1n) is 5.70. The third kappa shape index (κ3) is 4.00. The summed E-state index contributed by atoms with van der Waals surface area (Å²) in [6.45, 7) is 8.55. The Balaban J connectivity index is 0.000000317. The van der Waals surface area contributed by atoms with Gasteiger partial charge < -0.3 is 4.74 Å². The first-order valence-corrected chi connectivity index (χ1v) is 5.70. The van der Waals surface area contributed by atoms with E-state index < -0.39 is 0 Å². The molecular formula is C15H19NO. The van der Waals surface area contributed by atoms with Gasteiger partial charge in [-0.2, -0.15) is 0 Å². The van der Waals surface area contributed by atoms with Crippen molar-refractivity contribution in [2.24, 2.45) is 0 Å². The molecule has 90 valence electrons. The smallest absolute Gasteiger partial charge is 0.0709 e. The molecule has 0 unspecified atom stereocenters. The second-order valence-electron chi connectivity index (χ2n) is 3.71. The molecule has 0 atom stereocenters. The van der Waals surface area contributed by atoms with Gasteiger partial charge in [-0.3, -0.25) is 0 Å². The van der Waals surface area contributed by atoms with Crippen molar-refractivity contribution in [2.75, 3.05) is 13.7 Å². The quantitative estimate of drug-likeness (QED) is 0.780. The van der Waals surface area contributed by atoms with Crippen molar-refractivity contribution in [3.8, 4) is 0 Å². The lowest BCUT2D eigenvalue weighted by atomic mass is 10.1. The Morgan fingerprint density at radius 2 is 2.00 bits per heavy atom. The van der Waals surface area contributed by atoms with Crippen LogP contribution in [0.1, 0.15) is 18.2 Å². The Bertz CT molecular complexity index is 489. The largest absolute Gasteiger partial charge is 0.385 e. The molecule has 0 aliphatic carbocycles. The molecule has 0 amide bonds. The fraction of sp³-hybridized carbons (Fsp3) is 0.267. The molecule has 2 heteroatoms. The molecule has 1 aromatic carbocycles. The predicted octanol–water partition coefficient (Wildman–Crippen LogP) is 3.84. The van der Waals surface area contributed by atoms with Gasteiger partial charge in [-0.05, 0) is 38.1 Å². The summed E-state index contributed by atoms with van der Waals surface area (Å²) in [5, 5.41) is 1.19. The lowest BCUT2D eigenvalue weighted by molar-refractivity contribution is 0.215. The van der Waals surface area contributed by atoms with E-state index in [2.05, 4.69) is 41.4 Å². The SMILES string of the molecule is C=Cc1ccc2cc(C)ccc2n1.CCOC. The molecule has 2 rings (SSSR count). The summed E-state index contributed by atoms with van der Waals surface area (Å²) in [5.41, 5.74) is 3.22. The summed E-state index contributed by atoms with van der Waals surface area (Å²) in [6.07, 6.45) is 1.76. The van der Waals surface area contributed by atoms with Crippen LogP contribution in [0.25, 0.3) is 17.0 Å². The van der Waals surface area contributed by atoms with Gasteiger partial charge in [0.05, 0.1) is 11.2 Å². The number of fused-ring (bicyclic) bond motifs is 1. The third-order valence-electron chi connectivity index (χ3n) is 2.36. The summed E-state index contributed by atoms with van der Waals surface area (Å²) in [6, 6.07) is 10.3. The monoisotopic (exact) mass is 229 g/mol. The molecule has 2 nitrogen and oxygen atoms in total. The highest BCUT2D eigenvalue weighted by Gasteiger charge is 1.95. The Morgan fingerprint density at radius 3 is 2.59 bits per heavy atom. The lowest BCUT2D eigenvalue weighted by Crippen LogP contribution is -1.83. The zero-order valence-corrected chi connectivity index (χ0v) is 10.7. The first-order chi connectivity index (χ1) is 8.21. The molecule has 1 heterocycles. The summed E-state index contributed by atoms with van der Waals surface area (Å²) < 4.78 is 4.54. The highest BCUT2D eigenvalue weighted by atomic mass is 16.5. The van der Waals surface area contributed by atoms with E-state index in [1.165, 1.54) is 10.9 Å². The molecule has 0 fully saturated rings. The molecule has 1 aromatic heterocycles. The second-order valence-corrected chi connectivity index (χ2v) is 3.71. The van der Waals surface area contributed by atoms with Crippen molar-refractivity contribution in [1.82, 2.24) is 4.98 Å². The van der Waals surface area contributed by atoms with E-state index in [0.717, 1.165) is 17.8 Å². The molecule has 17 heavy (non-hydrogen) atoms. The zero-order chi connectivity index (χ0) is 12.7. The Hall–Kier alpha value is -1.67. The second kappa shape index (κ2) is 6.81. The third-order valence-corrected chi connectivity index (χ3v) is 2.36. The van der Waals surface area contributed by atoms with Crippen LogP contribution >= 0.6 is 0 Å². The van der Waals surface area contributed by atoms with Gasteiger partial charge in [0.25, 0.3) is 0 Å². The van der Waals surface area contributed by atoms with E-state index in [0.29, 0.717) is 0 Å². The van der Waals surface area contributed by atoms with Crippen molar-refractivity contribution in [3.63, 3.8) is 0 Å². The average Bonchev–Trinajstić information content (AvgIpc) is 2.38. The topological polar surface area (TPSA) is 22.1 Å². The fourth-order valence-electron chi connectivity index (χ4n) is 1.37. The molecule has 0 aliphatic heterocycles. The van der Waals surface area contributed by atoms with Gasteiger partial charge in [-0.1, -0.05) is 24.3 Å². The van der Waals surface area contributed by atoms with E-state index in [1.807, 2.05) is 19.1 Å². The minimum absolute atomic E-state index is 0.819. The highest BCUT2D eigenvalue weighted by molar-refractivity contribution is 5.80. The molecule has 0 spiro atoms. The minimum Gasteiger partial charge on any atom is -0.385 e. The summed E-state index contributed by atoms with van der Waals surface area (Å²) in [5.74, 6) is 0. The van der Waals surface area contributed by atoms with Gasteiger partial charge in [0.2, 0.25) is 0 Å². The number of methoxy groups -OCH3 is 1. The highest BCUT2D eigenvalue weighted by Crippen LogP contribution is 2.14. The molecular weight excluding hydrogens is 210 g/mol. The maximum Gasteiger partial charge on any atom is 0.0709 e. The van der Waals surface area contributed by atoms with Crippen molar-refractivity contribution in [1.29, 1.82) is 0 Å². The van der Waals surface area contributed by atoms with Gasteiger partial charge in [0.15, 0.2) is 0 Å². The van der Waals surface area contributed by atoms with Crippen molar-refractivity contribution < 1.29 is 4.74 Å². The number of aromatic nitrogens is 1. The lowest BCUT2D eigenvalue weighted by Gasteiger charge is -1.99. The van der Waals surface area contributed by atoms with E-state index in [1.54, 1.807) is 13.2 Å². The van der Waals surface area contributed by atoms with Crippen molar-refractivity contribution >= 4 is 17.0 Å². The van der Waals surface area contributed by atoms with Crippen molar-refractivity contribution in [3.05, 3.63) is 48.2 Å². The van der Waals surface area contributed by atoms with Crippen molar-refractivity contribution in [2.45, 2.75) is 13.8 Å². The van der Waals surface area contributed by atoms with Crippen LogP contribution < -0.4 is 0 Å². The normalized spacial score (nSPS) is 9.59. The van der Waals surface area contributed by atoms with Gasteiger partial charge in [0, 0.05) is 19.1 Å². The molecule has 0 N–H and O–H groups in total. The Labute approximate surface area is 103 Å². The van der Waals surface area contributed by atoms with Crippen LogP contribution in [0, 0.1) is 6.92 Å². The Kier molecular flexibility index (Phi) is 5.37. The number of hydrogen-bond acceptors (Lipinski definition) is 2. The summed E-state index contributed by atoms with van der Waals surface area (Å²) >= 11 is 0. The maximum absolute atomic E-state index is 4.54. The van der Waals surface area contributed by atoms with Crippen LogP contribution in [0.4, 0.5) is 0 Å². The molecule has 0 bridgehead atoms. The first kappa shape index (κ1) is 13.4. The number of rotatable bonds is 2. The van der Waals surface area contributed by atoms with Gasteiger partial charge in [-0.15, -0.1) is 0 Å². The number of aryl methyl sites for hydroxylation is 1. The maximum atomic E-state index is 4.54. The number of nitrogens with zero attached hydrogens (tertiary/aromatic N) is 1. The van der Waals surface area contributed by atoms with Gasteiger partial charge >= 0.3 is 0 Å². The molecule has 0 saturated heterocycles. The predicted molar refractivity (Wildman–Crippen MR) is 74.1 cm³/mol.